The first kappa shape index (κ1) is 9.84. The van der Waals surface area contributed by atoms with Gasteiger partial charge in [-0.1, -0.05) is 0 Å². The second kappa shape index (κ2) is 5.91. The van der Waals surface area contributed by atoms with E-state index in [0.29, 0.717) is 0 Å². The van der Waals surface area contributed by atoms with Crippen LogP contribution in [0.3, 0.4) is 0 Å². The van der Waals surface area contributed by atoms with E-state index in [4.69, 9.17) is 18.1 Å². The molecule has 0 rings (SSSR count). The molecule has 0 aliphatic rings. The molecule has 14 heavy (non-hydrogen) atoms. The van der Waals surface area contributed by atoms with Crippen LogP contribution in [0.4, 0.5) is 0 Å². The average Bonchev–Trinajstić information content (AvgIpc) is 2.12. The number of aliphatic hydroxyl groups excluding tert-OH is 1. The van der Waals surface area contributed by atoms with E-state index in [2.05, 4.69) is 0 Å². The molecule has 1 atom stereocenters. The van der Waals surface area contributed by atoms with E-state index in [9.17, 15) is 13.2 Å². The van der Waals surface area contributed by atoms with Crippen LogP contribution in [0.25, 0.3) is 0 Å². The minimum absolute atomic E-state index is 0.615. The van der Waals surface area contributed by atoms with Gasteiger partial charge in [-0.3, -0.25) is 9.35 Å². The number of nitrogens with two attached hydrogens (primary N) is 1. The summed E-state index contributed by atoms with van der Waals surface area (Å²) in [4.78, 5) is 11.1. The molecule has 0 fully saturated rings. The third-order valence-electron chi connectivity index (χ3n) is 1.23. The molecule has 5 N–H and O–H groups in total. The third kappa shape index (κ3) is 6.78. The van der Waals surface area contributed by atoms with Crippen LogP contribution in [-0.4, -0.2) is 48.9 Å². The Hall–Kier alpha value is -0.700. The van der Waals surface area contributed by atoms with Crippen molar-refractivity contribution >= 4 is 16.0 Å². The molecule has 8 heteroatoms. The van der Waals surface area contributed by atoms with E-state index in [0.717, 1.165) is 0 Å². The first-order valence-electron chi connectivity index (χ1n) is 4.71. The van der Waals surface area contributed by atoms with Crippen molar-refractivity contribution in [3.05, 3.63) is 0 Å². The summed E-state index contributed by atoms with van der Waals surface area (Å²) in [6.45, 7) is -2.97. The second-order valence-corrected chi connectivity index (χ2v) is 4.06. The molecule has 84 valence electrons. The minimum atomic E-state index is -4.29. The van der Waals surface area contributed by atoms with E-state index in [1.165, 1.54) is 0 Å². The highest BCUT2D eigenvalue weighted by Gasteiger charge is 2.11. The Labute approximate surface area is 84.8 Å². The summed E-state index contributed by atoms with van der Waals surface area (Å²) in [6, 6.07) is -1.28. The molecule has 0 radical (unpaired) electrons. The quantitative estimate of drug-likeness (QED) is 0.378. The first-order chi connectivity index (χ1) is 7.07. The standard InChI is InChI=1S/C6H14N2O5S/c7-5(4-9)6(10)8-2-1-3-14(11,12)13/h5,9H,1-4,7H2,(H,8,10)(H,11,12,13)/i2D2. The van der Waals surface area contributed by atoms with Gasteiger partial charge in [0.2, 0.25) is 5.91 Å². The molecule has 1 unspecified atom stereocenters. The van der Waals surface area contributed by atoms with Crippen LogP contribution < -0.4 is 11.1 Å². The van der Waals surface area contributed by atoms with Gasteiger partial charge in [-0.2, -0.15) is 8.42 Å². The number of hydrogen-bond donors (Lipinski definition) is 4. The van der Waals surface area contributed by atoms with Crippen molar-refractivity contribution in [1.29, 1.82) is 0 Å². The van der Waals surface area contributed by atoms with Gasteiger partial charge in [0.15, 0.2) is 0 Å². The second-order valence-electron chi connectivity index (χ2n) is 2.49. The Kier molecular flexibility index (Phi) is 4.15. The largest absolute Gasteiger partial charge is 0.394 e. The predicted octanol–water partition coefficient (Wildman–Crippen LogP) is -2.30. The minimum Gasteiger partial charge on any atom is -0.394 e. The Morgan fingerprint density at radius 3 is 2.64 bits per heavy atom. The van der Waals surface area contributed by atoms with Gasteiger partial charge in [0.05, 0.1) is 12.4 Å². The van der Waals surface area contributed by atoms with Crippen LogP contribution in [0.2, 0.25) is 0 Å². The fourth-order valence-electron chi connectivity index (χ4n) is 0.505. The van der Waals surface area contributed by atoms with Crippen LogP contribution in [0, 0.1) is 0 Å². The normalized spacial score (nSPS) is 16.8. The first-order valence-corrected chi connectivity index (χ1v) is 5.32. The van der Waals surface area contributed by atoms with Crippen molar-refractivity contribution in [2.45, 2.75) is 12.5 Å². The maximum atomic E-state index is 11.1. The highest BCUT2D eigenvalue weighted by Crippen LogP contribution is 1.87. The average molecular weight is 228 g/mol. The van der Waals surface area contributed by atoms with E-state index in [1.54, 1.807) is 0 Å². The lowest BCUT2D eigenvalue weighted by Crippen LogP contribution is -2.43. The lowest BCUT2D eigenvalue weighted by atomic mass is 10.3. The summed E-state index contributed by atoms with van der Waals surface area (Å²) in [5.41, 5.74) is 5.11. The smallest absolute Gasteiger partial charge is 0.264 e. The summed E-state index contributed by atoms with van der Waals surface area (Å²) in [6.07, 6.45) is -0.615. The van der Waals surface area contributed by atoms with E-state index >= 15 is 0 Å². The van der Waals surface area contributed by atoms with Crippen molar-refractivity contribution in [3.8, 4) is 0 Å². The van der Waals surface area contributed by atoms with Crippen molar-refractivity contribution in [3.63, 3.8) is 0 Å². The molecule has 0 bridgehead atoms. The number of carbonyl (C=O) groups is 1. The number of nitrogens with one attached hydrogen (secondary N) is 1. The zero-order chi connectivity index (χ0) is 13.0. The summed E-state index contributed by atoms with van der Waals surface area (Å²) in [5, 5.41) is 10.3. The van der Waals surface area contributed by atoms with Crippen LogP contribution in [0.5, 0.6) is 0 Å². The number of amides is 1. The highest BCUT2D eigenvalue weighted by atomic mass is 32.2. The molecule has 0 aromatic rings. The van der Waals surface area contributed by atoms with Crippen molar-refractivity contribution in [2.24, 2.45) is 5.73 Å². The van der Waals surface area contributed by atoms with E-state index < -0.39 is 47.3 Å². The van der Waals surface area contributed by atoms with Gasteiger partial charge < -0.3 is 16.2 Å². The maximum Gasteiger partial charge on any atom is 0.264 e. The molecule has 0 spiro atoms. The van der Waals surface area contributed by atoms with Gasteiger partial charge in [0, 0.05) is 9.24 Å². The number of hydrogen-bond acceptors (Lipinski definition) is 5. The van der Waals surface area contributed by atoms with Gasteiger partial charge in [-0.25, -0.2) is 0 Å². The molecule has 0 aliphatic heterocycles. The number of aliphatic hydroxyl groups is 1. The summed E-state index contributed by atoms with van der Waals surface area (Å²) >= 11 is 0. The van der Waals surface area contributed by atoms with Crippen molar-refractivity contribution in [2.75, 3.05) is 18.9 Å². The summed E-state index contributed by atoms with van der Waals surface area (Å²) in [5.74, 6) is -1.77. The van der Waals surface area contributed by atoms with Gasteiger partial charge in [-0.05, 0) is 6.42 Å². The predicted molar refractivity (Wildman–Crippen MR) is 49.1 cm³/mol. The van der Waals surface area contributed by atoms with Gasteiger partial charge in [-0.15, -0.1) is 0 Å². The molecule has 0 aromatic heterocycles. The molecular formula is C6H14N2O5S. The van der Waals surface area contributed by atoms with Crippen LogP contribution in [0.1, 0.15) is 9.16 Å². The zero-order valence-corrected chi connectivity index (χ0v) is 8.12. The molecular weight excluding hydrogens is 212 g/mol. The fourth-order valence-corrected chi connectivity index (χ4v) is 0.865. The molecule has 0 heterocycles. The number of carbonyl (C=O) groups excluding carboxylic acids is 1. The van der Waals surface area contributed by atoms with Crippen LogP contribution >= 0.6 is 0 Å². The molecule has 0 aliphatic carbocycles. The molecule has 0 saturated carbocycles. The maximum absolute atomic E-state index is 11.1. The molecule has 1 amide bonds. The molecule has 0 aromatic carbocycles. The Morgan fingerprint density at radius 1 is 1.64 bits per heavy atom. The van der Waals surface area contributed by atoms with Gasteiger partial charge in [0.25, 0.3) is 10.1 Å². The monoisotopic (exact) mass is 228 g/mol. The Balaban J connectivity index is 4.30. The fraction of sp³-hybridized carbons (Fsp3) is 0.833. The Morgan fingerprint density at radius 2 is 2.21 bits per heavy atom. The van der Waals surface area contributed by atoms with Crippen molar-refractivity contribution < 1.29 is 25.6 Å². The van der Waals surface area contributed by atoms with Gasteiger partial charge >= 0.3 is 0 Å². The third-order valence-corrected chi connectivity index (χ3v) is 1.95. The summed E-state index contributed by atoms with van der Waals surface area (Å²) in [7, 11) is -4.29. The van der Waals surface area contributed by atoms with Crippen LogP contribution in [-0.2, 0) is 14.9 Å². The topological polar surface area (TPSA) is 130 Å². The zero-order valence-electron chi connectivity index (χ0n) is 9.30. The van der Waals surface area contributed by atoms with Gasteiger partial charge in [0.1, 0.15) is 6.04 Å². The Bertz CT molecular complexity index is 345. The molecule has 7 nitrogen and oxygen atoms in total. The lowest BCUT2D eigenvalue weighted by molar-refractivity contribution is -0.123. The molecule has 0 saturated heterocycles. The lowest BCUT2D eigenvalue weighted by Gasteiger charge is -2.08. The van der Waals surface area contributed by atoms with E-state index in [-0.39, 0.29) is 0 Å². The van der Waals surface area contributed by atoms with E-state index in [1.807, 2.05) is 5.32 Å². The SMILES string of the molecule is [2H]C([2H])(CCS(=O)(=O)O)NC(=O)C(N)CO. The highest BCUT2D eigenvalue weighted by molar-refractivity contribution is 7.85. The van der Waals surface area contributed by atoms with Crippen molar-refractivity contribution in [1.82, 2.24) is 5.32 Å². The summed E-state index contributed by atoms with van der Waals surface area (Å²) < 4.78 is 43.6. The number of rotatable bonds is 6. The van der Waals surface area contributed by atoms with Crippen LogP contribution in [0.15, 0.2) is 0 Å².